The van der Waals surface area contributed by atoms with Crippen LogP contribution in [0.2, 0.25) is 0 Å². The molecule has 3 aromatic rings. The average Bonchev–Trinajstić information content (AvgIpc) is 3.14. The zero-order valence-electron chi connectivity index (χ0n) is 14.3. The van der Waals surface area contributed by atoms with Gasteiger partial charge in [0.2, 0.25) is 0 Å². The molecule has 0 aliphatic heterocycles. The molecule has 0 aliphatic rings. The zero-order chi connectivity index (χ0) is 18.4. The maximum absolute atomic E-state index is 10.7. The third kappa shape index (κ3) is 4.43. The highest BCUT2D eigenvalue weighted by Crippen LogP contribution is 2.33. The number of rotatable bonds is 8. The average molecular weight is 369 g/mol. The summed E-state index contributed by atoms with van der Waals surface area (Å²) in [6.07, 6.45) is 0.826. The van der Waals surface area contributed by atoms with Crippen LogP contribution in [-0.2, 0) is 17.8 Å². The number of aryl methyl sites for hydroxylation is 1. The van der Waals surface area contributed by atoms with Crippen LogP contribution in [0.4, 0.5) is 0 Å². The number of ether oxygens (including phenoxy) is 1. The largest absolute Gasteiger partial charge is 0.488 e. The number of hydrogen-bond donors (Lipinski definition) is 2. The van der Waals surface area contributed by atoms with Crippen LogP contribution >= 0.6 is 11.8 Å². The molecule has 0 saturated carbocycles. The fourth-order valence-electron chi connectivity index (χ4n) is 2.51. The lowest BCUT2D eigenvalue weighted by atomic mass is 10.1. The minimum absolute atomic E-state index is 0.0685. The molecule has 3 rings (SSSR count). The van der Waals surface area contributed by atoms with Gasteiger partial charge < -0.3 is 14.8 Å². The van der Waals surface area contributed by atoms with E-state index in [9.17, 15) is 4.79 Å². The van der Waals surface area contributed by atoms with Crippen LogP contribution in [0.3, 0.4) is 0 Å². The molecule has 0 amide bonds. The topological polar surface area (TPSA) is 88.1 Å². The van der Waals surface area contributed by atoms with Crippen molar-refractivity contribution in [3.05, 3.63) is 59.7 Å². The van der Waals surface area contributed by atoms with E-state index < -0.39 is 5.97 Å². The standard InChI is InChI=1S/C19H19N3O3S/c1-2-14-9-6-10-15(17(14)25-11-13-7-4-3-5-8-13)18-20-19(22-21-18)26-12-16(23)24/h3-10H,2,11-12H2,1H3,(H,23,24)(H,20,21,22). The molecule has 134 valence electrons. The molecule has 1 aromatic heterocycles. The third-order valence-corrected chi connectivity index (χ3v) is 4.61. The number of benzene rings is 2. The van der Waals surface area contributed by atoms with E-state index in [4.69, 9.17) is 9.84 Å². The summed E-state index contributed by atoms with van der Waals surface area (Å²) in [7, 11) is 0. The Morgan fingerprint density at radius 3 is 2.69 bits per heavy atom. The van der Waals surface area contributed by atoms with Gasteiger partial charge in [0.1, 0.15) is 12.4 Å². The van der Waals surface area contributed by atoms with Gasteiger partial charge in [0, 0.05) is 0 Å². The van der Waals surface area contributed by atoms with Gasteiger partial charge in [0.05, 0.1) is 11.3 Å². The molecular weight excluding hydrogens is 350 g/mol. The first-order valence-corrected chi connectivity index (χ1v) is 9.22. The molecule has 0 unspecified atom stereocenters. The highest BCUT2D eigenvalue weighted by Gasteiger charge is 2.15. The van der Waals surface area contributed by atoms with Crippen LogP contribution in [0.15, 0.2) is 53.7 Å². The molecule has 1 heterocycles. The van der Waals surface area contributed by atoms with Gasteiger partial charge in [0.15, 0.2) is 11.0 Å². The number of carbonyl (C=O) groups is 1. The SMILES string of the molecule is CCc1cccc(-c2nnc(SCC(=O)O)[nH]2)c1OCc1ccccc1. The fraction of sp³-hybridized carbons (Fsp3) is 0.211. The van der Waals surface area contributed by atoms with Crippen molar-refractivity contribution in [2.24, 2.45) is 0 Å². The first-order chi connectivity index (χ1) is 12.7. The van der Waals surface area contributed by atoms with Crippen molar-refractivity contribution < 1.29 is 14.6 Å². The summed E-state index contributed by atoms with van der Waals surface area (Å²) in [6.45, 7) is 2.53. The van der Waals surface area contributed by atoms with Gasteiger partial charge in [-0.25, -0.2) is 0 Å². The smallest absolute Gasteiger partial charge is 0.313 e. The van der Waals surface area contributed by atoms with Gasteiger partial charge in [0.25, 0.3) is 0 Å². The van der Waals surface area contributed by atoms with Crippen molar-refractivity contribution in [2.75, 3.05) is 5.75 Å². The number of aliphatic carboxylic acids is 1. The molecule has 0 bridgehead atoms. The molecule has 0 aliphatic carbocycles. The van der Waals surface area contributed by atoms with Crippen molar-refractivity contribution in [3.8, 4) is 17.1 Å². The Balaban J connectivity index is 1.86. The number of aromatic nitrogens is 3. The maximum atomic E-state index is 10.7. The van der Waals surface area contributed by atoms with E-state index in [1.807, 2.05) is 48.5 Å². The van der Waals surface area contributed by atoms with E-state index in [-0.39, 0.29) is 5.75 Å². The summed E-state index contributed by atoms with van der Waals surface area (Å²) in [6, 6.07) is 15.9. The summed E-state index contributed by atoms with van der Waals surface area (Å²) in [5, 5.41) is 17.4. The first-order valence-electron chi connectivity index (χ1n) is 8.23. The molecule has 7 heteroatoms. The number of para-hydroxylation sites is 1. The predicted molar refractivity (Wildman–Crippen MR) is 100 cm³/mol. The second-order valence-electron chi connectivity index (χ2n) is 5.58. The molecule has 2 N–H and O–H groups in total. The van der Waals surface area contributed by atoms with Crippen molar-refractivity contribution in [3.63, 3.8) is 0 Å². The van der Waals surface area contributed by atoms with E-state index in [1.165, 1.54) is 0 Å². The van der Waals surface area contributed by atoms with Gasteiger partial charge in [-0.05, 0) is 23.6 Å². The lowest BCUT2D eigenvalue weighted by Crippen LogP contribution is -2.01. The van der Waals surface area contributed by atoms with Crippen LogP contribution in [0, 0.1) is 0 Å². The van der Waals surface area contributed by atoms with E-state index in [2.05, 4.69) is 22.1 Å². The Labute approximate surface area is 155 Å². The van der Waals surface area contributed by atoms with E-state index in [0.29, 0.717) is 17.6 Å². The molecule has 26 heavy (non-hydrogen) atoms. The molecule has 0 spiro atoms. The number of aromatic amines is 1. The Kier molecular flexibility index (Phi) is 5.91. The highest BCUT2D eigenvalue weighted by molar-refractivity contribution is 7.99. The van der Waals surface area contributed by atoms with Crippen LogP contribution in [-0.4, -0.2) is 32.0 Å². The van der Waals surface area contributed by atoms with Crippen LogP contribution in [0.5, 0.6) is 5.75 Å². The fourth-order valence-corrected chi connectivity index (χ4v) is 3.04. The number of H-pyrrole nitrogens is 1. The summed E-state index contributed by atoms with van der Waals surface area (Å²) >= 11 is 1.10. The molecule has 0 fully saturated rings. The number of nitrogens with zero attached hydrogens (tertiary/aromatic N) is 2. The predicted octanol–water partition coefficient (Wildman–Crippen LogP) is 3.79. The minimum Gasteiger partial charge on any atom is -0.488 e. The molecule has 0 radical (unpaired) electrons. The van der Waals surface area contributed by atoms with Crippen molar-refractivity contribution in [1.82, 2.24) is 15.2 Å². The van der Waals surface area contributed by atoms with E-state index in [0.717, 1.165) is 40.6 Å². The maximum Gasteiger partial charge on any atom is 0.313 e. The van der Waals surface area contributed by atoms with Crippen LogP contribution < -0.4 is 4.74 Å². The van der Waals surface area contributed by atoms with E-state index >= 15 is 0 Å². The van der Waals surface area contributed by atoms with Gasteiger partial charge in [-0.2, -0.15) is 0 Å². The van der Waals surface area contributed by atoms with Crippen molar-refractivity contribution in [1.29, 1.82) is 0 Å². The Bertz CT molecular complexity index is 881. The monoisotopic (exact) mass is 369 g/mol. The number of hydrogen-bond acceptors (Lipinski definition) is 5. The normalized spacial score (nSPS) is 10.7. The summed E-state index contributed by atoms with van der Waals surface area (Å²) < 4.78 is 6.12. The first kappa shape index (κ1) is 18.0. The number of carboxylic acid groups (broad SMARTS) is 1. The van der Waals surface area contributed by atoms with Crippen molar-refractivity contribution in [2.45, 2.75) is 25.1 Å². The van der Waals surface area contributed by atoms with Gasteiger partial charge in [-0.3, -0.25) is 4.79 Å². The van der Waals surface area contributed by atoms with E-state index in [1.54, 1.807) is 0 Å². The van der Waals surface area contributed by atoms with Crippen molar-refractivity contribution >= 4 is 17.7 Å². The second-order valence-corrected chi connectivity index (χ2v) is 6.55. The summed E-state index contributed by atoms with van der Waals surface area (Å²) in [5.74, 6) is 0.370. The van der Waals surface area contributed by atoms with Gasteiger partial charge >= 0.3 is 5.97 Å². The minimum atomic E-state index is -0.896. The molecule has 6 nitrogen and oxygen atoms in total. The highest BCUT2D eigenvalue weighted by atomic mass is 32.2. The molecular formula is C19H19N3O3S. The quantitative estimate of drug-likeness (QED) is 0.587. The number of nitrogens with one attached hydrogen (secondary N) is 1. The van der Waals surface area contributed by atoms with Gasteiger partial charge in [-0.1, -0.05) is 61.2 Å². The van der Waals surface area contributed by atoms with Crippen LogP contribution in [0.1, 0.15) is 18.1 Å². The molecule has 2 aromatic carbocycles. The lowest BCUT2D eigenvalue weighted by molar-refractivity contribution is -0.133. The Hall–Kier alpha value is -2.80. The Morgan fingerprint density at radius 1 is 1.15 bits per heavy atom. The third-order valence-electron chi connectivity index (χ3n) is 3.76. The van der Waals surface area contributed by atoms with Gasteiger partial charge in [-0.15, -0.1) is 10.2 Å². The molecule has 0 atom stereocenters. The van der Waals surface area contributed by atoms with Crippen LogP contribution in [0.25, 0.3) is 11.4 Å². The molecule has 0 saturated heterocycles. The second kappa shape index (κ2) is 8.53. The number of thioether (sulfide) groups is 1. The summed E-state index contributed by atoms with van der Waals surface area (Å²) in [4.78, 5) is 13.8. The Morgan fingerprint density at radius 2 is 1.96 bits per heavy atom. The number of carboxylic acids is 1. The lowest BCUT2D eigenvalue weighted by Gasteiger charge is -2.14. The summed E-state index contributed by atoms with van der Waals surface area (Å²) in [5.41, 5.74) is 2.98. The zero-order valence-corrected chi connectivity index (χ0v) is 15.1.